The number of nitrogens with zero attached hydrogens (tertiary/aromatic N) is 5. The van der Waals surface area contributed by atoms with E-state index >= 15 is 0 Å². The molecule has 0 radical (unpaired) electrons. The van der Waals surface area contributed by atoms with E-state index in [1.807, 2.05) is 17.0 Å². The molecule has 11 heteroatoms. The van der Waals surface area contributed by atoms with Crippen molar-refractivity contribution in [1.29, 1.82) is 0 Å². The van der Waals surface area contributed by atoms with Crippen LogP contribution >= 0.6 is 0 Å². The second-order valence-corrected chi connectivity index (χ2v) is 10.2. The molecule has 2 aliphatic heterocycles. The van der Waals surface area contributed by atoms with Crippen molar-refractivity contribution in [1.82, 2.24) is 14.5 Å². The van der Waals surface area contributed by atoms with Crippen LogP contribution in [0.3, 0.4) is 0 Å². The Kier molecular flexibility index (Phi) is 6.30. The number of rotatable bonds is 4. The largest absolute Gasteiger partial charge is 0.417 e. The van der Waals surface area contributed by atoms with E-state index in [1.165, 1.54) is 12.1 Å². The Hall–Kier alpha value is -2.40. The molecule has 0 spiro atoms. The van der Waals surface area contributed by atoms with Gasteiger partial charge in [0.25, 0.3) is 0 Å². The predicted molar refractivity (Wildman–Crippen MR) is 115 cm³/mol. The van der Waals surface area contributed by atoms with Gasteiger partial charge in [0.05, 0.1) is 10.5 Å². The summed E-state index contributed by atoms with van der Waals surface area (Å²) in [7, 11) is -4.26. The third-order valence-corrected chi connectivity index (χ3v) is 8.07. The maximum Gasteiger partial charge on any atom is 0.417 e. The standard InChI is InChI=1S/C21H26F3N5O2S/c1-16-8-10-27(11-9-16)19-6-7-20(26-25-19)28-12-14-29(15-13-28)32(30,31)18-5-3-2-4-17(18)21(22,23)24/h2-7,16H,8-15H2,1H3. The van der Waals surface area contributed by atoms with Crippen LogP contribution in [-0.4, -0.2) is 62.2 Å². The Bertz CT molecular complexity index is 1030. The van der Waals surface area contributed by atoms with Crippen LogP contribution < -0.4 is 9.80 Å². The minimum Gasteiger partial charge on any atom is -0.355 e. The van der Waals surface area contributed by atoms with E-state index in [9.17, 15) is 21.6 Å². The number of sulfonamides is 1. The third-order valence-electron chi connectivity index (χ3n) is 6.12. The molecule has 3 heterocycles. The number of aromatic nitrogens is 2. The number of piperazine rings is 1. The average Bonchev–Trinajstić information content (AvgIpc) is 2.79. The van der Waals surface area contributed by atoms with Gasteiger partial charge < -0.3 is 9.80 Å². The van der Waals surface area contributed by atoms with Crippen molar-refractivity contribution in [2.75, 3.05) is 49.1 Å². The van der Waals surface area contributed by atoms with E-state index in [0.29, 0.717) is 24.8 Å². The second kappa shape index (κ2) is 8.86. The molecule has 2 saturated heterocycles. The number of hydrogen-bond acceptors (Lipinski definition) is 6. The maximum absolute atomic E-state index is 13.3. The first-order valence-electron chi connectivity index (χ1n) is 10.7. The van der Waals surface area contributed by atoms with Crippen molar-refractivity contribution in [3.63, 3.8) is 0 Å². The van der Waals surface area contributed by atoms with Gasteiger partial charge in [0, 0.05) is 39.3 Å². The van der Waals surface area contributed by atoms with E-state index in [4.69, 9.17) is 0 Å². The summed E-state index contributed by atoms with van der Waals surface area (Å²) in [5, 5.41) is 8.64. The van der Waals surface area contributed by atoms with E-state index in [2.05, 4.69) is 22.0 Å². The van der Waals surface area contributed by atoms with Gasteiger partial charge in [-0.05, 0) is 43.0 Å². The van der Waals surface area contributed by atoms with Gasteiger partial charge >= 0.3 is 6.18 Å². The van der Waals surface area contributed by atoms with Crippen LogP contribution in [0.2, 0.25) is 0 Å². The summed E-state index contributed by atoms with van der Waals surface area (Å²) < 4.78 is 66.8. The number of alkyl halides is 3. The van der Waals surface area contributed by atoms with Gasteiger partial charge in [0.1, 0.15) is 0 Å². The lowest BCUT2D eigenvalue weighted by atomic mass is 9.99. The van der Waals surface area contributed by atoms with Crippen LogP contribution in [0.25, 0.3) is 0 Å². The molecule has 2 fully saturated rings. The summed E-state index contributed by atoms with van der Waals surface area (Å²) in [4.78, 5) is 3.40. The van der Waals surface area contributed by atoms with Crippen molar-refractivity contribution in [2.45, 2.75) is 30.8 Å². The Morgan fingerprint density at radius 1 is 0.844 bits per heavy atom. The molecule has 0 unspecified atom stereocenters. The van der Waals surface area contributed by atoms with E-state index in [-0.39, 0.29) is 13.1 Å². The minimum atomic E-state index is -4.74. The van der Waals surface area contributed by atoms with Gasteiger partial charge in [-0.2, -0.15) is 17.5 Å². The number of anilines is 2. The van der Waals surface area contributed by atoms with E-state index < -0.39 is 26.7 Å². The third kappa shape index (κ3) is 4.68. The number of piperidine rings is 1. The highest BCUT2D eigenvalue weighted by Gasteiger charge is 2.39. The van der Waals surface area contributed by atoms with Crippen LogP contribution in [0.4, 0.5) is 24.8 Å². The lowest BCUT2D eigenvalue weighted by Crippen LogP contribution is -2.49. The van der Waals surface area contributed by atoms with Crippen molar-refractivity contribution < 1.29 is 21.6 Å². The zero-order valence-electron chi connectivity index (χ0n) is 17.8. The molecule has 2 aromatic rings. The lowest BCUT2D eigenvalue weighted by molar-refractivity contribution is -0.139. The number of hydrogen-bond donors (Lipinski definition) is 0. The van der Waals surface area contributed by atoms with Crippen molar-refractivity contribution in [3.05, 3.63) is 42.0 Å². The zero-order chi connectivity index (χ0) is 22.9. The fourth-order valence-electron chi connectivity index (χ4n) is 4.12. The first kappa shape index (κ1) is 22.8. The molecule has 4 rings (SSSR count). The zero-order valence-corrected chi connectivity index (χ0v) is 18.6. The van der Waals surface area contributed by atoms with Crippen LogP contribution in [0.15, 0.2) is 41.3 Å². The number of halogens is 3. The molecule has 0 amide bonds. The highest BCUT2D eigenvalue weighted by atomic mass is 32.2. The summed E-state index contributed by atoms with van der Waals surface area (Å²) in [5.74, 6) is 2.17. The normalized spacial score (nSPS) is 19.4. The van der Waals surface area contributed by atoms with Gasteiger partial charge in [-0.25, -0.2) is 8.42 Å². The summed E-state index contributed by atoms with van der Waals surface area (Å²) in [6.45, 7) is 4.93. The van der Waals surface area contributed by atoms with Gasteiger partial charge in [0.2, 0.25) is 10.0 Å². The van der Waals surface area contributed by atoms with E-state index in [0.717, 1.165) is 48.2 Å². The lowest BCUT2D eigenvalue weighted by Gasteiger charge is -2.35. The Morgan fingerprint density at radius 2 is 1.38 bits per heavy atom. The molecular weight excluding hydrogens is 443 g/mol. The Labute approximate surface area is 185 Å². The minimum absolute atomic E-state index is 0.0714. The van der Waals surface area contributed by atoms with Crippen molar-refractivity contribution in [2.24, 2.45) is 5.92 Å². The molecule has 0 aliphatic carbocycles. The Morgan fingerprint density at radius 3 is 1.91 bits per heavy atom. The average molecular weight is 470 g/mol. The monoisotopic (exact) mass is 469 g/mol. The topological polar surface area (TPSA) is 69.6 Å². The molecule has 7 nitrogen and oxygen atoms in total. The molecule has 1 aromatic heterocycles. The van der Waals surface area contributed by atoms with Gasteiger partial charge in [0.15, 0.2) is 11.6 Å². The molecule has 0 atom stereocenters. The smallest absolute Gasteiger partial charge is 0.355 e. The summed E-state index contributed by atoms with van der Waals surface area (Å²) in [6.07, 6.45) is -2.50. The molecule has 174 valence electrons. The fourth-order valence-corrected chi connectivity index (χ4v) is 5.75. The van der Waals surface area contributed by atoms with Gasteiger partial charge in [-0.3, -0.25) is 0 Å². The molecule has 0 N–H and O–H groups in total. The molecule has 0 saturated carbocycles. The van der Waals surface area contributed by atoms with Crippen molar-refractivity contribution in [3.8, 4) is 0 Å². The molecule has 2 aliphatic rings. The number of benzene rings is 1. The highest BCUT2D eigenvalue weighted by molar-refractivity contribution is 7.89. The maximum atomic E-state index is 13.3. The van der Waals surface area contributed by atoms with E-state index in [1.54, 1.807) is 0 Å². The molecule has 32 heavy (non-hydrogen) atoms. The summed E-state index contributed by atoms with van der Waals surface area (Å²) in [6, 6.07) is 8.08. The first-order valence-corrected chi connectivity index (χ1v) is 12.1. The van der Waals surface area contributed by atoms with Crippen molar-refractivity contribution >= 4 is 21.7 Å². The van der Waals surface area contributed by atoms with Crippen LogP contribution in [0, 0.1) is 5.92 Å². The Balaban J connectivity index is 1.42. The SMILES string of the molecule is CC1CCN(c2ccc(N3CCN(S(=O)(=O)c4ccccc4C(F)(F)F)CC3)nn2)CC1. The summed E-state index contributed by atoms with van der Waals surface area (Å²) >= 11 is 0. The summed E-state index contributed by atoms with van der Waals surface area (Å²) in [5.41, 5.74) is -1.14. The second-order valence-electron chi connectivity index (χ2n) is 8.30. The first-order chi connectivity index (χ1) is 15.2. The van der Waals surface area contributed by atoms with Crippen LogP contribution in [-0.2, 0) is 16.2 Å². The van der Waals surface area contributed by atoms with Gasteiger partial charge in [-0.15, -0.1) is 10.2 Å². The predicted octanol–water partition coefficient (Wildman–Crippen LogP) is 3.24. The van der Waals surface area contributed by atoms with Crippen LogP contribution in [0.1, 0.15) is 25.3 Å². The quantitative estimate of drug-likeness (QED) is 0.685. The fraction of sp³-hybridized carbons (Fsp3) is 0.524. The highest BCUT2D eigenvalue weighted by Crippen LogP contribution is 2.35. The molecular formula is C21H26F3N5O2S. The molecule has 1 aromatic carbocycles. The molecule has 0 bridgehead atoms. The van der Waals surface area contributed by atoms with Crippen LogP contribution in [0.5, 0.6) is 0 Å². The van der Waals surface area contributed by atoms with Gasteiger partial charge in [-0.1, -0.05) is 19.1 Å².